The minimum Gasteiger partial charge on any atom is -0.383 e. The summed E-state index contributed by atoms with van der Waals surface area (Å²) in [6, 6.07) is 2.14. The van der Waals surface area contributed by atoms with Crippen LogP contribution in [0.25, 0.3) is 11.0 Å². The SMILES string of the molecule is Cc1nc(N)c2cc3c(nc2n1)CCCCC3. The zero-order chi connectivity index (χ0) is 11.8. The highest BCUT2D eigenvalue weighted by molar-refractivity contribution is 5.86. The molecule has 0 bridgehead atoms. The van der Waals surface area contributed by atoms with Gasteiger partial charge < -0.3 is 5.73 Å². The molecule has 2 heterocycles. The Hall–Kier alpha value is -1.71. The number of aromatic nitrogens is 3. The number of hydrogen-bond donors (Lipinski definition) is 1. The van der Waals surface area contributed by atoms with Crippen LogP contribution in [0.3, 0.4) is 0 Å². The van der Waals surface area contributed by atoms with Crippen molar-refractivity contribution in [3.8, 4) is 0 Å². The Morgan fingerprint density at radius 2 is 1.88 bits per heavy atom. The van der Waals surface area contributed by atoms with E-state index in [9.17, 15) is 0 Å². The molecule has 0 saturated carbocycles. The van der Waals surface area contributed by atoms with Crippen LogP contribution in [-0.4, -0.2) is 15.0 Å². The second kappa shape index (κ2) is 3.95. The molecule has 4 heteroatoms. The van der Waals surface area contributed by atoms with Gasteiger partial charge in [-0.2, -0.15) is 0 Å². The van der Waals surface area contributed by atoms with E-state index in [0.717, 1.165) is 23.9 Å². The van der Waals surface area contributed by atoms with Gasteiger partial charge >= 0.3 is 0 Å². The molecule has 88 valence electrons. The summed E-state index contributed by atoms with van der Waals surface area (Å²) >= 11 is 0. The van der Waals surface area contributed by atoms with Crippen LogP contribution in [0.2, 0.25) is 0 Å². The van der Waals surface area contributed by atoms with Crippen molar-refractivity contribution in [3.05, 3.63) is 23.1 Å². The molecule has 0 aliphatic heterocycles. The van der Waals surface area contributed by atoms with Crippen molar-refractivity contribution in [1.29, 1.82) is 0 Å². The molecule has 2 aromatic heterocycles. The van der Waals surface area contributed by atoms with Crippen LogP contribution in [0.1, 0.15) is 36.3 Å². The largest absolute Gasteiger partial charge is 0.383 e. The number of nitrogens with zero attached hydrogens (tertiary/aromatic N) is 3. The predicted octanol–water partition coefficient (Wildman–Crippen LogP) is 2.18. The summed E-state index contributed by atoms with van der Waals surface area (Å²) in [7, 11) is 0. The average Bonchev–Trinajstić information content (AvgIpc) is 2.51. The molecule has 0 aromatic carbocycles. The lowest BCUT2D eigenvalue weighted by Gasteiger charge is -2.08. The van der Waals surface area contributed by atoms with E-state index in [4.69, 9.17) is 5.73 Å². The minimum atomic E-state index is 0.548. The zero-order valence-electron chi connectivity index (χ0n) is 10.0. The van der Waals surface area contributed by atoms with Gasteiger partial charge in [0.2, 0.25) is 0 Å². The van der Waals surface area contributed by atoms with Crippen molar-refractivity contribution in [2.24, 2.45) is 0 Å². The number of nitrogen functional groups attached to an aromatic ring is 1. The van der Waals surface area contributed by atoms with E-state index >= 15 is 0 Å². The molecule has 0 amide bonds. The van der Waals surface area contributed by atoms with Gasteiger partial charge in [0.25, 0.3) is 0 Å². The lowest BCUT2D eigenvalue weighted by molar-refractivity contribution is 0.709. The lowest BCUT2D eigenvalue weighted by atomic mass is 10.1. The highest BCUT2D eigenvalue weighted by atomic mass is 15.0. The first-order chi connectivity index (χ1) is 8.24. The monoisotopic (exact) mass is 228 g/mol. The van der Waals surface area contributed by atoms with Crippen LogP contribution in [0.5, 0.6) is 0 Å². The minimum absolute atomic E-state index is 0.548. The first kappa shape index (κ1) is 10.4. The van der Waals surface area contributed by atoms with Crippen molar-refractivity contribution < 1.29 is 0 Å². The van der Waals surface area contributed by atoms with Crippen LogP contribution in [0, 0.1) is 6.92 Å². The summed E-state index contributed by atoms with van der Waals surface area (Å²) in [5.41, 5.74) is 9.21. The number of fused-ring (bicyclic) bond motifs is 2. The number of anilines is 1. The van der Waals surface area contributed by atoms with Crippen LogP contribution in [-0.2, 0) is 12.8 Å². The lowest BCUT2D eigenvalue weighted by Crippen LogP contribution is -2.03. The molecule has 1 aliphatic carbocycles. The first-order valence-corrected chi connectivity index (χ1v) is 6.16. The van der Waals surface area contributed by atoms with Gasteiger partial charge in [0.1, 0.15) is 11.6 Å². The predicted molar refractivity (Wildman–Crippen MR) is 67.7 cm³/mol. The van der Waals surface area contributed by atoms with Gasteiger partial charge in [-0.3, -0.25) is 0 Å². The molecule has 2 N–H and O–H groups in total. The molecule has 0 saturated heterocycles. The van der Waals surface area contributed by atoms with E-state index in [-0.39, 0.29) is 0 Å². The normalized spacial score (nSPS) is 15.6. The Labute approximate surface area is 100 Å². The Morgan fingerprint density at radius 1 is 1.06 bits per heavy atom. The van der Waals surface area contributed by atoms with Crippen molar-refractivity contribution >= 4 is 16.9 Å². The maximum Gasteiger partial charge on any atom is 0.165 e. The molecule has 17 heavy (non-hydrogen) atoms. The highest BCUT2D eigenvalue weighted by Gasteiger charge is 2.13. The van der Waals surface area contributed by atoms with E-state index in [2.05, 4.69) is 21.0 Å². The Bertz CT molecular complexity index is 577. The van der Waals surface area contributed by atoms with Crippen molar-refractivity contribution in [1.82, 2.24) is 15.0 Å². The Morgan fingerprint density at radius 3 is 2.76 bits per heavy atom. The van der Waals surface area contributed by atoms with Crippen LogP contribution < -0.4 is 5.73 Å². The summed E-state index contributed by atoms with van der Waals surface area (Å²) in [6.07, 6.45) is 5.92. The first-order valence-electron chi connectivity index (χ1n) is 6.16. The molecule has 1 aliphatic rings. The smallest absolute Gasteiger partial charge is 0.165 e. The number of nitrogens with two attached hydrogens (primary N) is 1. The van der Waals surface area contributed by atoms with E-state index in [1.807, 2.05) is 6.92 Å². The molecule has 0 radical (unpaired) electrons. The summed E-state index contributed by atoms with van der Waals surface area (Å²) in [4.78, 5) is 13.2. The third-order valence-corrected chi connectivity index (χ3v) is 3.36. The van der Waals surface area contributed by atoms with Gasteiger partial charge in [0, 0.05) is 5.69 Å². The van der Waals surface area contributed by atoms with Gasteiger partial charge in [-0.25, -0.2) is 15.0 Å². The fourth-order valence-electron chi connectivity index (χ4n) is 2.49. The van der Waals surface area contributed by atoms with Gasteiger partial charge in [-0.05, 0) is 44.2 Å². The Balaban J connectivity index is 2.25. The molecule has 4 nitrogen and oxygen atoms in total. The molecule has 0 spiro atoms. The maximum absolute atomic E-state index is 5.94. The third-order valence-electron chi connectivity index (χ3n) is 3.36. The quantitative estimate of drug-likeness (QED) is 0.702. The van der Waals surface area contributed by atoms with Crippen molar-refractivity contribution in [2.45, 2.75) is 39.0 Å². The molecular weight excluding hydrogens is 212 g/mol. The fraction of sp³-hybridized carbons (Fsp3) is 0.462. The maximum atomic E-state index is 5.94. The second-order valence-electron chi connectivity index (χ2n) is 4.68. The molecule has 0 unspecified atom stereocenters. The van der Waals surface area contributed by atoms with E-state index in [0.29, 0.717) is 11.6 Å². The van der Waals surface area contributed by atoms with Crippen molar-refractivity contribution in [3.63, 3.8) is 0 Å². The van der Waals surface area contributed by atoms with Crippen LogP contribution in [0.4, 0.5) is 5.82 Å². The standard InChI is InChI=1S/C13H16N4/c1-8-15-12(14)10-7-9-5-3-2-4-6-11(9)17-13(10)16-8/h7H,2-6H2,1H3,(H2,14,15,16,17). The van der Waals surface area contributed by atoms with Crippen molar-refractivity contribution in [2.75, 3.05) is 5.73 Å². The van der Waals surface area contributed by atoms with Gasteiger partial charge in [0.15, 0.2) is 5.65 Å². The molecule has 3 rings (SSSR count). The zero-order valence-corrected chi connectivity index (χ0v) is 10.0. The summed E-state index contributed by atoms with van der Waals surface area (Å²) < 4.78 is 0. The number of hydrogen-bond acceptors (Lipinski definition) is 4. The van der Waals surface area contributed by atoms with Gasteiger partial charge in [-0.15, -0.1) is 0 Å². The average molecular weight is 228 g/mol. The second-order valence-corrected chi connectivity index (χ2v) is 4.68. The van der Waals surface area contributed by atoms with E-state index in [1.165, 1.54) is 30.5 Å². The molecular formula is C13H16N4. The van der Waals surface area contributed by atoms with E-state index in [1.54, 1.807) is 0 Å². The number of aryl methyl sites for hydroxylation is 3. The molecule has 0 fully saturated rings. The van der Waals surface area contributed by atoms with Gasteiger partial charge in [-0.1, -0.05) is 6.42 Å². The highest BCUT2D eigenvalue weighted by Crippen LogP contribution is 2.24. The fourth-order valence-corrected chi connectivity index (χ4v) is 2.49. The Kier molecular flexibility index (Phi) is 2.42. The summed E-state index contributed by atoms with van der Waals surface area (Å²) in [6.45, 7) is 1.85. The van der Waals surface area contributed by atoms with Crippen LogP contribution >= 0.6 is 0 Å². The third kappa shape index (κ3) is 1.84. The molecule has 2 aromatic rings. The van der Waals surface area contributed by atoms with E-state index < -0.39 is 0 Å². The van der Waals surface area contributed by atoms with Crippen LogP contribution in [0.15, 0.2) is 6.07 Å². The van der Waals surface area contributed by atoms with Gasteiger partial charge in [0.05, 0.1) is 5.39 Å². The molecule has 0 atom stereocenters. The topological polar surface area (TPSA) is 64.7 Å². The number of pyridine rings is 1. The summed E-state index contributed by atoms with van der Waals surface area (Å²) in [5, 5.41) is 0.899. The number of rotatable bonds is 0. The summed E-state index contributed by atoms with van der Waals surface area (Å²) in [5.74, 6) is 1.24.